The van der Waals surface area contributed by atoms with Crippen LogP contribution in [0.3, 0.4) is 0 Å². The fourth-order valence-electron chi connectivity index (χ4n) is 2.69. The second-order valence-corrected chi connectivity index (χ2v) is 6.14. The zero-order valence-corrected chi connectivity index (χ0v) is 16.8. The molecule has 1 aromatic carbocycles. The van der Waals surface area contributed by atoms with Crippen LogP contribution in [0.1, 0.15) is 44.5 Å². The van der Waals surface area contributed by atoms with Gasteiger partial charge < -0.3 is 19.9 Å². The number of rotatable bonds is 11. The highest BCUT2D eigenvalue weighted by atomic mass is 16.5. The van der Waals surface area contributed by atoms with E-state index in [1.165, 1.54) is 6.92 Å². The van der Waals surface area contributed by atoms with Crippen LogP contribution < -0.4 is 5.32 Å². The molecule has 27 heavy (non-hydrogen) atoms. The van der Waals surface area contributed by atoms with Gasteiger partial charge in [0, 0.05) is 37.8 Å². The van der Waals surface area contributed by atoms with Crippen molar-refractivity contribution < 1.29 is 19.1 Å². The number of carbonyl (C=O) groups excluding carboxylic acids is 3. The molecule has 150 valence electrons. The van der Waals surface area contributed by atoms with E-state index in [2.05, 4.69) is 24.1 Å². The molecule has 0 aliphatic heterocycles. The number of ether oxygens (including phenoxy) is 1. The monoisotopic (exact) mass is 377 g/mol. The van der Waals surface area contributed by atoms with Crippen molar-refractivity contribution in [2.75, 3.05) is 44.6 Å². The van der Waals surface area contributed by atoms with Gasteiger partial charge in [-0.3, -0.25) is 14.4 Å². The highest BCUT2D eigenvalue weighted by molar-refractivity contribution is 5.97. The Bertz CT molecular complexity index is 629. The molecule has 2 amide bonds. The molecule has 0 fully saturated rings. The molecule has 0 heterocycles. The molecule has 7 nitrogen and oxygen atoms in total. The number of nitrogens with zero attached hydrogens (tertiary/aromatic N) is 2. The standard InChI is InChI=1S/C20H31N3O4/c1-5-22(6-2)13-14-23(12-11-19(25)27-7-3)20(26)17-9-8-10-18(15-17)21-16(4)24/h8-10,15H,5-7,11-14H2,1-4H3,(H,21,24). The second-order valence-electron chi connectivity index (χ2n) is 6.14. The normalized spacial score (nSPS) is 10.6. The molecule has 1 rings (SSSR count). The lowest BCUT2D eigenvalue weighted by Gasteiger charge is -2.26. The van der Waals surface area contributed by atoms with Gasteiger partial charge in [-0.2, -0.15) is 0 Å². The zero-order valence-electron chi connectivity index (χ0n) is 16.8. The Morgan fingerprint density at radius 3 is 2.33 bits per heavy atom. The third kappa shape index (κ3) is 8.21. The molecule has 0 radical (unpaired) electrons. The number of nitrogens with one attached hydrogen (secondary N) is 1. The summed E-state index contributed by atoms with van der Waals surface area (Å²) in [5.74, 6) is -0.677. The van der Waals surface area contributed by atoms with E-state index in [9.17, 15) is 14.4 Å². The average molecular weight is 377 g/mol. The van der Waals surface area contributed by atoms with Gasteiger partial charge in [0.15, 0.2) is 0 Å². The molecule has 0 atom stereocenters. The molecule has 0 aliphatic rings. The van der Waals surface area contributed by atoms with Gasteiger partial charge in [-0.1, -0.05) is 19.9 Å². The van der Waals surface area contributed by atoms with E-state index in [1.54, 1.807) is 36.1 Å². The minimum absolute atomic E-state index is 0.156. The molecule has 0 aromatic heterocycles. The summed E-state index contributed by atoms with van der Waals surface area (Å²) in [5, 5.41) is 2.68. The van der Waals surface area contributed by atoms with E-state index in [4.69, 9.17) is 4.74 Å². The number of benzene rings is 1. The number of anilines is 1. The number of amides is 2. The Kier molecular flexibility index (Phi) is 10.1. The van der Waals surface area contributed by atoms with Crippen LogP contribution in [0.2, 0.25) is 0 Å². The van der Waals surface area contributed by atoms with Crippen molar-refractivity contribution in [2.24, 2.45) is 0 Å². The molecule has 0 aliphatic carbocycles. The van der Waals surface area contributed by atoms with E-state index < -0.39 is 0 Å². The van der Waals surface area contributed by atoms with Gasteiger partial charge in [0.05, 0.1) is 13.0 Å². The largest absolute Gasteiger partial charge is 0.466 e. The quantitative estimate of drug-likeness (QED) is 0.599. The Labute approximate surface area is 161 Å². The SMILES string of the molecule is CCOC(=O)CCN(CCN(CC)CC)C(=O)c1cccc(NC(C)=O)c1. The summed E-state index contributed by atoms with van der Waals surface area (Å²) in [7, 11) is 0. The van der Waals surface area contributed by atoms with Crippen molar-refractivity contribution in [1.29, 1.82) is 0 Å². The van der Waals surface area contributed by atoms with Crippen LogP contribution in [0, 0.1) is 0 Å². The van der Waals surface area contributed by atoms with Crippen molar-refractivity contribution in [2.45, 2.75) is 34.1 Å². The summed E-state index contributed by atoms with van der Waals surface area (Å²) >= 11 is 0. The second kappa shape index (κ2) is 12.1. The third-order valence-electron chi connectivity index (χ3n) is 4.19. The topological polar surface area (TPSA) is 79.0 Å². The van der Waals surface area contributed by atoms with Crippen LogP contribution in [-0.4, -0.2) is 66.9 Å². The van der Waals surface area contributed by atoms with Crippen molar-refractivity contribution in [3.8, 4) is 0 Å². The van der Waals surface area contributed by atoms with E-state index in [0.29, 0.717) is 30.9 Å². The predicted molar refractivity (Wildman–Crippen MR) is 106 cm³/mol. The summed E-state index contributed by atoms with van der Waals surface area (Å²) in [6, 6.07) is 6.82. The van der Waals surface area contributed by atoms with Crippen LogP contribution in [0.15, 0.2) is 24.3 Å². The Morgan fingerprint density at radius 1 is 1.04 bits per heavy atom. The Hall–Kier alpha value is -2.41. The lowest BCUT2D eigenvalue weighted by atomic mass is 10.1. The van der Waals surface area contributed by atoms with Crippen molar-refractivity contribution >= 4 is 23.5 Å². The van der Waals surface area contributed by atoms with Gasteiger partial charge in [-0.15, -0.1) is 0 Å². The van der Waals surface area contributed by atoms with Gasteiger partial charge in [-0.25, -0.2) is 0 Å². The van der Waals surface area contributed by atoms with Gasteiger partial charge in [0.2, 0.25) is 5.91 Å². The first-order valence-electron chi connectivity index (χ1n) is 9.46. The maximum atomic E-state index is 13.0. The summed E-state index contributed by atoms with van der Waals surface area (Å²) in [5.41, 5.74) is 1.05. The van der Waals surface area contributed by atoms with Crippen LogP contribution >= 0.6 is 0 Å². The molecular formula is C20H31N3O4. The number of carbonyl (C=O) groups is 3. The van der Waals surface area contributed by atoms with Crippen LogP contribution in [-0.2, 0) is 14.3 Å². The van der Waals surface area contributed by atoms with E-state index in [0.717, 1.165) is 19.6 Å². The molecule has 7 heteroatoms. The Morgan fingerprint density at radius 2 is 1.74 bits per heavy atom. The fraction of sp³-hybridized carbons (Fsp3) is 0.550. The molecule has 0 saturated carbocycles. The summed E-state index contributed by atoms with van der Waals surface area (Å²) in [6.45, 7) is 11.0. The van der Waals surface area contributed by atoms with Crippen molar-refractivity contribution in [3.63, 3.8) is 0 Å². The van der Waals surface area contributed by atoms with Crippen molar-refractivity contribution in [3.05, 3.63) is 29.8 Å². The predicted octanol–water partition coefficient (Wildman–Crippen LogP) is 2.38. The fourth-order valence-corrected chi connectivity index (χ4v) is 2.69. The number of likely N-dealkylation sites (N-methyl/N-ethyl adjacent to an activating group) is 1. The maximum absolute atomic E-state index is 13.0. The summed E-state index contributed by atoms with van der Waals surface area (Å²) < 4.78 is 4.97. The third-order valence-corrected chi connectivity index (χ3v) is 4.19. The van der Waals surface area contributed by atoms with Crippen LogP contribution in [0.25, 0.3) is 0 Å². The minimum atomic E-state index is -0.315. The highest BCUT2D eigenvalue weighted by Gasteiger charge is 2.18. The first-order chi connectivity index (χ1) is 12.9. The van der Waals surface area contributed by atoms with Crippen LogP contribution in [0.5, 0.6) is 0 Å². The molecule has 1 N–H and O–H groups in total. The maximum Gasteiger partial charge on any atom is 0.307 e. The molecule has 0 saturated heterocycles. The van der Waals surface area contributed by atoms with E-state index in [1.807, 2.05) is 0 Å². The summed E-state index contributed by atoms with van der Waals surface area (Å²) in [6.07, 6.45) is 0.156. The number of hydrogen-bond donors (Lipinski definition) is 1. The van der Waals surface area contributed by atoms with Gasteiger partial charge in [0.1, 0.15) is 0 Å². The zero-order chi connectivity index (χ0) is 20.2. The summed E-state index contributed by atoms with van der Waals surface area (Å²) in [4.78, 5) is 39.8. The van der Waals surface area contributed by atoms with Gasteiger partial charge in [0.25, 0.3) is 5.91 Å². The van der Waals surface area contributed by atoms with E-state index >= 15 is 0 Å². The lowest BCUT2D eigenvalue weighted by molar-refractivity contribution is -0.143. The smallest absolute Gasteiger partial charge is 0.307 e. The molecule has 0 spiro atoms. The first-order valence-corrected chi connectivity index (χ1v) is 9.46. The number of esters is 1. The lowest BCUT2D eigenvalue weighted by Crippen LogP contribution is -2.40. The highest BCUT2D eigenvalue weighted by Crippen LogP contribution is 2.13. The molecule has 0 bridgehead atoms. The minimum Gasteiger partial charge on any atom is -0.466 e. The van der Waals surface area contributed by atoms with Gasteiger partial charge >= 0.3 is 5.97 Å². The number of hydrogen-bond acceptors (Lipinski definition) is 5. The Balaban J connectivity index is 2.89. The average Bonchev–Trinajstić information content (AvgIpc) is 2.64. The van der Waals surface area contributed by atoms with Gasteiger partial charge in [-0.05, 0) is 38.2 Å². The first kappa shape index (κ1) is 22.6. The van der Waals surface area contributed by atoms with Crippen molar-refractivity contribution in [1.82, 2.24) is 9.80 Å². The molecule has 0 unspecified atom stereocenters. The molecular weight excluding hydrogens is 346 g/mol. The molecule has 1 aromatic rings. The van der Waals surface area contributed by atoms with E-state index in [-0.39, 0.29) is 24.2 Å². The van der Waals surface area contributed by atoms with Crippen LogP contribution in [0.4, 0.5) is 5.69 Å².